The molecule has 120 valence electrons. The van der Waals surface area contributed by atoms with E-state index in [1.165, 1.54) is 12.1 Å². The minimum Gasteiger partial charge on any atom is -0.491 e. The molecule has 2 rings (SSSR count). The standard InChI is InChI=1S/C17H17FN2O2S/c1-11(2)22-15-8-3-5-12(9-15)16(21)20-17(23)19-14-7-4-6-13(18)10-14/h3-11H,1-2H3,(H2,19,20,21,23). The van der Waals surface area contributed by atoms with E-state index >= 15 is 0 Å². The van der Waals surface area contributed by atoms with Crippen molar-refractivity contribution in [1.82, 2.24) is 5.32 Å². The third kappa shape index (κ3) is 5.34. The summed E-state index contributed by atoms with van der Waals surface area (Å²) in [6, 6.07) is 12.6. The van der Waals surface area contributed by atoms with Gasteiger partial charge in [-0.1, -0.05) is 12.1 Å². The molecule has 2 aromatic rings. The molecule has 1 amide bonds. The van der Waals surface area contributed by atoms with E-state index in [9.17, 15) is 9.18 Å². The van der Waals surface area contributed by atoms with Gasteiger partial charge in [-0.3, -0.25) is 10.1 Å². The molecule has 0 atom stereocenters. The highest BCUT2D eigenvalue weighted by Gasteiger charge is 2.10. The summed E-state index contributed by atoms with van der Waals surface area (Å²) < 4.78 is 18.7. The van der Waals surface area contributed by atoms with E-state index in [1.807, 2.05) is 13.8 Å². The molecule has 23 heavy (non-hydrogen) atoms. The van der Waals surface area contributed by atoms with E-state index in [4.69, 9.17) is 17.0 Å². The van der Waals surface area contributed by atoms with Crippen molar-refractivity contribution < 1.29 is 13.9 Å². The summed E-state index contributed by atoms with van der Waals surface area (Å²) in [5.41, 5.74) is 0.888. The van der Waals surface area contributed by atoms with Crippen molar-refractivity contribution in [2.24, 2.45) is 0 Å². The topological polar surface area (TPSA) is 50.4 Å². The van der Waals surface area contributed by atoms with Gasteiger partial charge in [0, 0.05) is 11.3 Å². The average molecular weight is 332 g/mol. The van der Waals surface area contributed by atoms with Crippen LogP contribution < -0.4 is 15.4 Å². The monoisotopic (exact) mass is 332 g/mol. The molecule has 0 saturated carbocycles. The van der Waals surface area contributed by atoms with Gasteiger partial charge in [0.1, 0.15) is 11.6 Å². The van der Waals surface area contributed by atoms with Crippen LogP contribution >= 0.6 is 12.2 Å². The van der Waals surface area contributed by atoms with Crippen LogP contribution in [0.2, 0.25) is 0 Å². The predicted octanol–water partition coefficient (Wildman–Crippen LogP) is 3.74. The normalized spacial score (nSPS) is 10.3. The summed E-state index contributed by atoms with van der Waals surface area (Å²) in [5.74, 6) is -0.146. The Morgan fingerprint density at radius 3 is 2.61 bits per heavy atom. The number of benzene rings is 2. The highest BCUT2D eigenvalue weighted by molar-refractivity contribution is 7.80. The van der Waals surface area contributed by atoms with Gasteiger partial charge in [0.25, 0.3) is 5.91 Å². The van der Waals surface area contributed by atoms with Crippen molar-refractivity contribution in [2.45, 2.75) is 20.0 Å². The van der Waals surface area contributed by atoms with Gasteiger partial charge in [0.15, 0.2) is 5.11 Å². The van der Waals surface area contributed by atoms with Crippen LogP contribution in [0, 0.1) is 5.82 Å². The molecule has 2 aromatic carbocycles. The summed E-state index contributed by atoms with van der Waals surface area (Å²) in [5, 5.41) is 5.40. The number of hydrogen-bond donors (Lipinski definition) is 2. The Bertz CT molecular complexity index is 719. The van der Waals surface area contributed by atoms with Crippen LogP contribution in [0.15, 0.2) is 48.5 Å². The summed E-state index contributed by atoms with van der Waals surface area (Å²) >= 11 is 5.06. The second kappa shape index (κ2) is 7.69. The summed E-state index contributed by atoms with van der Waals surface area (Å²) in [7, 11) is 0. The van der Waals surface area contributed by atoms with Crippen LogP contribution in [0.1, 0.15) is 24.2 Å². The first-order valence-electron chi connectivity index (χ1n) is 7.08. The first-order valence-corrected chi connectivity index (χ1v) is 7.49. The Balaban J connectivity index is 1.99. The zero-order valence-corrected chi connectivity index (χ0v) is 13.6. The van der Waals surface area contributed by atoms with Crippen molar-refractivity contribution in [3.63, 3.8) is 0 Å². The second-order valence-corrected chi connectivity index (χ2v) is 5.52. The first kappa shape index (κ1) is 16.9. The summed E-state index contributed by atoms with van der Waals surface area (Å²) in [6.07, 6.45) is 0.0176. The van der Waals surface area contributed by atoms with Crippen molar-refractivity contribution in [3.8, 4) is 5.75 Å². The fourth-order valence-electron chi connectivity index (χ4n) is 1.89. The van der Waals surface area contributed by atoms with Crippen LogP contribution in [-0.4, -0.2) is 17.1 Å². The molecule has 0 fully saturated rings. The van der Waals surface area contributed by atoms with Gasteiger partial charge in [0.05, 0.1) is 6.10 Å². The van der Waals surface area contributed by atoms with Crippen molar-refractivity contribution in [1.29, 1.82) is 0 Å². The minimum atomic E-state index is -0.386. The number of nitrogens with one attached hydrogen (secondary N) is 2. The Hall–Kier alpha value is -2.47. The van der Waals surface area contributed by atoms with Gasteiger partial charge in [-0.05, 0) is 62.5 Å². The third-order valence-electron chi connectivity index (χ3n) is 2.78. The smallest absolute Gasteiger partial charge is 0.257 e. The summed E-state index contributed by atoms with van der Waals surface area (Å²) in [4.78, 5) is 12.2. The van der Waals surface area contributed by atoms with Gasteiger partial charge < -0.3 is 10.1 Å². The van der Waals surface area contributed by atoms with Gasteiger partial charge in [-0.15, -0.1) is 0 Å². The lowest BCUT2D eigenvalue weighted by atomic mass is 10.2. The Labute approximate surface area is 139 Å². The molecule has 0 saturated heterocycles. The van der Waals surface area contributed by atoms with E-state index in [-0.39, 0.29) is 22.9 Å². The van der Waals surface area contributed by atoms with Crippen LogP contribution in [0.5, 0.6) is 5.75 Å². The lowest BCUT2D eigenvalue weighted by molar-refractivity contribution is 0.0977. The molecule has 0 spiro atoms. The Morgan fingerprint density at radius 1 is 1.17 bits per heavy atom. The van der Waals surface area contributed by atoms with Crippen LogP contribution in [-0.2, 0) is 0 Å². The number of halogens is 1. The molecule has 0 heterocycles. The van der Waals surface area contributed by atoms with E-state index < -0.39 is 0 Å². The van der Waals surface area contributed by atoms with Crippen LogP contribution in [0.25, 0.3) is 0 Å². The molecule has 0 aliphatic rings. The van der Waals surface area contributed by atoms with E-state index in [1.54, 1.807) is 36.4 Å². The third-order valence-corrected chi connectivity index (χ3v) is 2.98. The van der Waals surface area contributed by atoms with Crippen molar-refractivity contribution in [3.05, 3.63) is 59.9 Å². The van der Waals surface area contributed by atoms with Crippen molar-refractivity contribution >= 4 is 28.9 Å². The molecular formula is C17H17FN2O2S. The molecule has 0 aliphatic carbocycles. The maximum atomic E-state index is 13.1. The quantitative estimate of drug-likeness (QED) is 0.838. The number of rotatable bonds is 4. The molecule has 0 aliphatic heterocycles. The lowest BCUT2D eigenvalue weighted by Crippen LogP contribution is -2.34. The zero-order valence-electron chi connectivity index (χ0n) is 12.8. The molecular weight excluding hydrogens is 315 g/mol. The molecule has 0 bridgehead atoms. The lowest BCUT2D eigenvalue weighted by Gasteiger charge is -2.12. The SMILES string of the molecule is CC(C)Oc1cccc(C(=O)NC(=S)Nc2cccc(F)c2)c1. The number of thiocarbonyl (C=S) groups is 1. The predicted molar refractivity (Wildman–Crippen MR) is 92.3 cm³/mol. The number of anilines is 1. The molecule has 0 radical (unpaired) electrons. The fourth-order valence-corrected chi connectivity index (χ4v) is 2.10. The highest BCUT2D eigenvalue weighted by atomic mass is 32.1. The number of carbonyl (C=O) groups excluding carboxylic acids is 1. The van der Waals surface area contributed by atoms with E-state index in [2.05, 4.69) is 10.6 Å². The van der Waals surface area contributed by atoms with Crippen LogP contribution in [0.4, 0.5) is 10.1 Å². The summed E-state index contributed by atoms with van der Waals surface area (Å²) in [6.45, 7) is 3.82. The highest BCUT2D eigenvalue weighted by Crippen LogP contribution is 2.15. The first-order chi connectivity index (χ1) is 10.9. The van der Waals surface area contributed by atoms with Crippen molar-refractivity contribution in [2.75, 3.05) is 5.32 Å². The molecule has 2 N–H and O–H groups in total. The molecule has 4 nitrogen and oxygen atoms in total. The largest absolute Gasteiger partial charge is 0.491 e. The Kier molecular flexibility index (Phi) is 5.65. The number of amides is 1. The maximum absolute atomic E-state index is 13.1. The average Bonchev–Trinajstić information content (AvgIpc) is 2.46. The number of ether oxygens (including phenoxy) is 1. The second-order valence-electron chi connectivity index (χ2n) is 5.11. The molecule has 6 heteroatoms. The van der Waals surface area contributed by atoms with Crippen LogP contribution in [0.3, 0.4) is 0 Å². The number of hydrogen-bond acceptors (Lipinski definition) is 3. The van der Waals surface area contributed by atoms with Gasteiger partial charge in [-0.2, -0.15) is 0 Å². The molecule has 0 unspecified atom stereocenters. The van der Waals surface area contributed by atoms with Gasteiger partial charge in [0.2, 0.25) is 0 Å². The maximum Gasteiger partial charge on any atom is 0.257 e. The number of carbonyl (C=O) groups is 1. The molecule has 0 aromatic heterocycles. The minimum absolute atomic E-state index is 0.0176. The Morgan fingerprint density at radius 2 is 1.91 bits per heavy atom. The van der Waals surface area contributed by atoms with E-state index in [0.29, 0.717) is 17.0 Å². The van der Waals surface area contributed by atoms with Gasteiger partial charge >= 0.3 is 0 Å². The van der Waals surface area contributed by atoms with Gasteiger partial charge in [-0.25, -0.2) is 4.39 Å². The van der Waals surface area contributed by atoms with E-state index in [0.717, 1.165) is 0 Å². The zero-order chi connectivity index (χ0) is 16.8. The fraction of sp³-hybridized carbons (Fsp3) is 0.176.